The molecular weight excluding hydrogens is 392 g/mol. The van der Waals surface area contributed by atoms with Crippen molar-refractivity contribution in [3.05, 3.63) is 59.7 Å². The first-order valence-corrected chi connectivity index (χ1v) is 10.6. The highest BCUT2D eigenvalue weighted by Crippen LogP contribution is 2.28. The van der Waals surface area contributed by atoms with Crippen LogP contribution in [-0.4, -0.2) is 53.4 Å². The molecule has 2 amide bonds. The van der Waals surface area contributed by atoms with Crippen molar-refractivity contribution in [3.63, 3.8) is 0 Å². The predicted octanol–water partition coefficient (Wildman–Crippen LogP) is 3.60. The number of carbonyl (C=O) groups is 3. The van der Waals surface area contributed by atoms with Crippen LogP contribution < -0.4 is 10.6 Å². The maximum absolute atomic E-state index is 13.3. The number of nitrogens with two attached hydrogens (primary N) is 1. The minimum Gasteiger partial charge on any atom is -0.351 e. The third kappa shape index (κ3) is 3.88. The Kier molecular flexibility index (Phi) is 5.69. The second-order valence-corrected chi connectivity index (χ2v) is 8.20. The summed E-state index contributed by atoms with van der Waals surface area (Å²) >= 11 is 0. The van der Waals surface area contributed by atoms with Crippen molar-refractivity contribution >= 4 is 34.7 Å². The summed E-state index contributed by atoms with van der Waals surface area (Å²) in [4.78, 5) is 46.5. The van der Waals surface area contributed by atoms with Gasteiger partial charge in [0.1, 0.15) is 11.8 Å². The molecule has 7 nitrogen and oxygen atoms in total. The number of benzene rings is 2. The van der Waals surface area contributed by atoms with E-state index >= 15 is 0 Å². The van der Waals surface area contributed by atoms with Crippen molar-refractivity contribution < 1.29 is 14.4 Å². The van der Waals surface area contributed by atoms with Crippen molar-refractivity contribution in [2.24, 2.45) is 10.7 Å². The maximum atomic E-state index is 13.3. The number of primary amides is 1. The summed E-state index contributed by atoms with van der Waals surface area (Å²) in [5.74, 6) is -0.288. The summed E-state index contributed by atoms with van der Waals surface area (Å²) in [7, 11) is 0. The average molecular weight is 418 g/mol. The zero-order chi connectivity index (χ0) is 22.1. The Balaban J connectivity index is 1.74. The van der Waals surface area contributed by atoms with Crippen molar-refractivity contribution in [1.82, 2.24) is 4.90 Å². The van der Waals surface area contributed by atoms with Gasteiger partial charge in [0, 0.05) is 22.9 Å². The number of amides is 2. The monoisotopic (exact) mass is 418 g/mol. The van der Waals surface area contributed by atoms with Crippen molar-refractivity contribution in [2.45, 2.75) is 38.8 Å². The van der Waals surface area contributed by atoms with Crippen LogP contribution in [0.3, 0.4) is 0 Å². The second kappa shape index (κ2) is 8.43. The molecule has 160 valence electrons. The molecule has 0 saturated carbocycles. The van der Waals surface area contributed by atoms with Gasteiger partial charge in [0.15, 0.2) is 5.78 Å². The summed E-state index contributed by atoms with van der Waals surface area (Å²) in [5, 5.41) is 0. The van der Waals surface area contributed by atoms with E-state index in [0.717, 1.165) is 25.9 Å². The van der Waals surface area contributed by atoms with Crippen molar-refractivity contribution in [2.75, 3.05) is 18.0 Å². The van der Waals surface area contributed by atoms with Crippen LogP contribution in [0.25, 0.3) is 0 Å². The van der Waals surface area contributed by atoms with Gasteiger partial charge >= 0.3 is 6.03 Å². The van der Waals surface area contributed by atoms with E-state index in [2.05, 4.69) is 9.89 Å². The van der Waals surface area contributed by atoms with Gasteiger partial charge in [-0.05, 0) is 64.0 Å². The molecule has 1 fully saturated rings. The number of nitrogens with zero attached hydrogens (tertiary/aromatic N) is 3. The first-order valence-electron chi connectivity index (χ1n) is 10.6. The fourth-order valence-electron chi connectivity index (χ4n) is 4.39. The lowest BCUT2D eigenvalue weighted by molar-refractivity contribution is 0.0873. The number of Topliss-reactive ketones (excluding diaryl/α,β-unsaturated/α-hetero) is 2. The number of ketones is 2. The standard InChI is InChI=1S/C24H26N4O3/c1-15(2)28(24(25)31)17-11-9-16(10-12-17)26-20-21(27-13-5-6-14-27)23(30)19-8-4-3-7-18(19)22(20)29/h3-4,7-12,15,21H,5-6,13-14H2,1-2H3,(H2,25,31). The third-order valence-corrected chi connectivity index (χ3v) is 5.81. The highest BCUT2D eigenvalue weighted by Gasteiger charge is 2.42. The molecule has 2 N–H and O–H groups in total. The molecule has 1 heterocycles. The highest BCUT2D eigenvalue weighted by atomic mass is 16.2. The molecule has 2 aromatic rings. The van der Waals surface area contributed by atoms with Gasteiger partial charge in [0.25, 0.3) is 0 Å². The van der Waals surface area contributed by atoms with Gasteiger partial charge in [-0.3, -0.25) is 19.4 Å². The molecule has 4 rings (SSSR count). The molecule has 0 radical (unpaired) electrons. The second-order valence-electron chi connectivity index (χ2n) is 8.20. The summed E-state index contributed by atoms with van der Waals surface area (Å²) in [6.07, 6.45) is 2.00. The molecule has 31 heavy (non-hydrogen) atoms. The first-order chi connectivity index (χ1) is 14.9. The van der Waals surface area contributed by atoms with Crippen LogP contribution >= 0.6 is 0 Å². The quantitative estimate of drug-likeness (QED) is 0.821. The Morgan fingerprint density at radius 2 is 1.65 bits per heavy atom. The van der Waals surface area contributed by atoms with Crippen LogP contribution in [0.1, 0.15) is 47.4 Å². The fraction of sp³-hybridized carbons (Fsp3) is 0.333. The maximum Gasteiger partial charge on any atom is 0.319 e. The van der Waals surface area contributed by atoms with Gasteiger partial charge in [0.2, 0.25) is 5.78 Å². The SMILES string of the molecule is CC(C)N(C(N)=O)c1ccc(N=C2C(=O)c3ccccc3C(=O)C2N2CCCC2)cc1. The third-order valence-electron chi connectivity index (χ3n) is 5.81. The summed E-state index contributed by atoms with van der Waals surface area (Å²) in [6.45, 7) is 5.30. The van der Waals surface area contributed by atoms with Crippen LogP contribution in [-0.2, 0) is 0 Å². The van der Waals surface area contributed by atoms with Crippen LogP contribution in [0.5, 0.6) is 0 Å². The molecule has 1 atom stereocenters. The number of hydrogen-bond acceptors (Lipinski definition) is 5. The predicted molar refractivity (Wildman–Crippen MR) is 120 cm³/mol. The van der Waals surface area contributed by atoms with Gasteiger partial charge in [0.05, 0.1) is 5.69 Å². The topological polar surface area (TPSA) is 96.1 Å². The van der Waals surface area contributed by atoms with Gasteiger partial charge in [-0.1, -0.05) is 24.3 Å². The number of anilines is 1. The summed E-state index contributed by atoms with van der Waals surface area (Å²) < 4.78 is 0. The Morgan fingerprint density at radius 3 is 2.23 bits per heavy atom. The van der Waals surface area contributed by atoms with E-state index in [1.54, 1.807) is 48.5 Å². The molecule has 1 aliphatic carbocycles. The summed E-state index contributed by atoms with van der Waals surface area (Å²) in [6, 6.07) is 12.6. The van der Waals surface area contributed by atoms with E-state index in [1.165, 1.54) is 4.90 Å². The molecule has 1 unspecified atom stereocenters. The molecule has 0 bridgehead atoms. The molecule has 7 heteroatoms. The van der Waals surface area contributed by atoms with E-state index in [4.69, 9.17) is 5.73 Å². The van der Waals surface area contributed by atoms with E-state index in [0.29, 0.717) is 22.5 Å². The number of fused-ring (bicyclic) bond motifs is 1. The first kappa shape index (κ1) is 20.9. The average Bonchev–Trinajstić information content (AvgIpc) is 3.27. The molecule has 0 aromatic heterocycles. The largest absolute Gasteiger partial charge is 0.351 e. The van der Waals surface area contributed by atoms with Crippen LogP contribution in [0.2, 0.25) is 0 Å². The molecule has 2 aliphatic rings. The molecule has 1 aliphatic heterocycles. The Labute approximate surface area is 181 Å². The Bertz CT molecular complexity index is 1050. The highest BCUT2D eigenvalue weighted by molar-refractivity contribution is 6.55. The minimum atomic E-state index is -0.664. The number of likely N-dealkylation sites (tertiary alicyclic amines) is 1. The Morgan fingerprint density at radius 1 is 1.03 bits per heavy atom. The van der Waals surface area contributed by atoms with Gasteiger partial charge < -0.3 is 5.73 Å². The van der Waals surface area contributed by atoms with Crippen molar-refractivity contribution in [3.8, 4) is 0 Å². The molecule has 2 aromatic carbocycles. The number of urea groups is 1. The fourth-order valence-corrected chi connectivity index (χ4v) is 4.39. The zero-order valence-electron chi connectivity index (χ0n) is 17.7. The smallest absolute Gasteiger partial charge is 0.319 e. The lowest BCUT2D eigenvalue weighted by atomic mass is 9.83. The minimum absolute atomic E-state index is 0.0767. The number of carbonyl (C=O) groups excluding carboxylic acids is 3. The van der Waals surface area contributed by atoms with Gasteiger partial charge in [-0.2, -0.15) is 0 Å². The molecule has 0 spiro atoms. The normalized spacial score (nSPS) is 20.4. The zero-order valence-corrected chi connectivity index (χ0v) is 17.7. The van der Waals surface area contributed by atoms with E-state index in [1.807, 2.05) is 13.8 Å². The lowest BCUT2D eigenvalue weighted by Crippen LogP contribution is -2.51. The number of aliphatic imine (C=N–C) groups is 1. The van der Waals surface area contributed by atoms with Crippen molar-refractivity contribution in [1.29, 1.82) is 0 Å². The molecular formula is C24H26N4O3. The van der Waals surface area contributed by atoms with Crippen LogP contribution in [0.4, 0.5) is 16.2 Å². The summed E-state index contributed by atoms with van der Waals surface area (Å²) in [5.41, 5.74) is 7.82. The van der Waals surface area contributed by atoms with Crippen LogP contribution in [0, 0.1) is 0 Å². The van der Waals surface area contributed by atoms with Gasteiger partial charge in [-0.25, -0.2) is 9.79 Å². The van der Waals surface area contributed by atoms with E-state index in [-0.39, 0.29) is 23.3 Å². The Hall–Kier alpha value is -3.32. The van der Waals surface area contributed by atoms with Crippen LogP contribution in [0.15, 0.2) is 53.5 Å². The van der Waals surface area contributed by atoms with E-state index < -0.39 is 12.1 Å². The number of hydrogen-bond donors (Lipinski definition) is 1. The lowest BCUT2D eigenvalue weighted by Gasteiger charge is -2.31. The van der Waals surface area contributed by atoms with E-state index in [9.17, 15) is 14.4 Å². The van der Waals surface area contributed by atoms with Gasteiger partial charge in [-0.15, -0.1) is 0 Å². The molecule has 1 saturated heterocycles. The number of rotatable bonds is 4.